The summed E-state index contributed by atoms with van der Waals surface area (Å²) in [6.45, 7) is 4.40. The van der Waals surface area contributed by atoms with Crippen molar-refractivity contribution in [2.75, 3.05) is 16.8 Å². The Kier molecular flexibility index (Phi) is 6.74. The van der Waals surface area contributed by atoms with Crippen LogP contribution in [-0.4, -0.2) is 27.2 Å². The molecule has 1 atom stereocenters. The Hall–Kier alpha value is -3.59. The Labute approximate surface area is 196 Å². The number of hydrogen-bond donors (Lipinski definition) is 2. The van der Waals surface area contributed by atoms with Gasteiger partial charge in [0.1, 0.15) is 23.1 Å². The monoisotopic (exact) mass is 468 g/mol. The van der Waals surface area contributed by atoms with E-state index in [-0.39, 0.29) is 37.6 Å². The Bertz CT molecular complexity index is 1280. The zero-order valence-corrected chi connectivity index (χ0v) is 19.5. The first-order chi connectivity index (χ1) is 16.3. The van der Waals surface area contributed by atoms with E-state index >= 15 is 0 Å². The van der Waals surface area contributed by atoms with Gasteiger partial charge < -0.3 is 20.1 Å². The first kappa shape index (κ1) is 23.6. The van der Waals surface area contributed by atoms with Crippen LogP contribution >= 0.6 is 0 Å². The van der Waals surface area contributed by atoms with Gasteiger partial charge in [0.15, 0.2) is 0 Å². The lowest BCUT2D eigenvalue weighted by molar-refractivity contribution is 0.227. The molecule has 0 radical (unpaired) electrons. The minimum absolute atomic E-state index is 0.0988. The number of anilines is 2. The van der Waals surface area contributed by atoms with E-state index in [1.54, 1.807) is 24.1 Å². The van der Waals surface area contributed by atoms with Gasteiger partial charge in [-0.15, -0.1) is 0 Å². The van der Waals surface area contributed by atoms with Gasteiger partial charge in [0, 0.05) is 26.7 Å². The molecule has 180 valence electrons. The van der Waals surface area contributed by atoms with Crippen LogP contribution in [0.5, 0.6) is 5.75 Å². The molecule has 1 aromatic heterocycles. The Morgan fingerprint density at radius 2 is 1.88 bits per heavy atom. The van der Waals surface area contributed by atoms with Gasteiger partial charge in [-0.2, -0.15) is 0 Å². The number of nitrogens with one attached hydrogen (secondary N) is 1. The predicted molar refractivity (Wildman–Crippen MR) is 129 cm³/mol. The van der Waals surface area contributed by atoms with E-state index < -0.39 is 17.6 Å². The van der Waals surface area contributed by atoms with Crippen molar-refractivity contribution in [3.05, 3.63) is 86.3 Å². The normalized spacial score (nSPS) is 14.9. The lowest BCUT2D eigenvalue weighted by Crippen LogP contribution is -2.43. The molecule has 0 fully saturated rings. The second-order valence-electron chi connectivity index (χ2n) is 8.67. The maximum absolute atomic E-state index is 13.5. The third-order valence-electron chi connectivity index (χ3n) is 5.93. The highest BCUT2D eigenvalue weighted by atomic mass is 19.1. The Morgan fingerprint density at radius 3 is 2.56 bits per heavy atom. The fraction of sp³-hybridized carbons (Fsp3) is 0.360. The van der Waals surface area contributed by atoms with Crippen LogP contribution in [0, 0.1) is 5.82 Å². The summed E-state index contributed by atoms with van der Waals surface area (Å²) in [7, 11) is 1.58. The highest BCUT2D eigenvalue weighted by Crippen LogP contribution is 2.33. The molecule has 34 heavy (non-hydrogen) atoms. The van der Waals surface area contributed by atoms with Gasteiger partial charge in [0.05, 0.1) is 0 Å². The van der Waals surface area contributed by atoms with Crippen LogP contribution in [0.25, 0.3) is 0 Å². The molecule has 1 unspecified atom stereocenters. The number of aromatic nitrogens is 2. The van der Waals surface area contributed by atoms with E-state index in [2.05, 4.69) is 19.2 Å². The standard InChI is InChI=1S/C25H29FN4O4/c1-16(2)18-6-4-7-20(14-18)34-24-27-22-21(30(24)15-17-8-10-19(26)11-9-17)23(32)29(12-5-13-31)25(33)28(22)3/h4,6-11,14,16,24,27,31H,5,12-13,15H2,1-3H3. The highest BCUT2D eigenvalue weighted by molar-refractivity contribution is 5.71. The van der Waals surface area contributed by atoms with E-state index in [1.165, 1.54) is 16.7 Å². The van der Waals surface area contributed by atoms with E-state index in [1.807, 2.05) is 24.3 Å². The number of rotatable bonds is 8. The summed E-state index contributed by atoms with van der Waals surface area (Å²) in [5.41, 5.74) is 1.22. The van der Waals surface area contributed by atoms with Gasteiger partial charge in [0.25, 0.3) is 11.9 Å². The molecule has 0 saturated carbocycles. The smallest absolute Gasteiger partial charge is 0.332 e. The maximum Gasteiger partial charge on any atom is 0.332 e. The van der Waals surface area contributed by atoms with Gasteiger partial charge in [0.2, 0.25) is 0 Å². The van der Waals surface area contributed by atoms with Crippen LogP contribution in [0.2, 0.25) is 0 Å². The molecule has 0 saturated heterocycles. The number of nitrogens with zero attached hydrogens (tertiary/aromatic N) is 3. The quantitative estimate of drug-likeness (QED) is 0.529. The van der Waals surface area contributed by atoms with Crippen molar-refractivity contribution in [2.45, 2.75) is 45.6 Å². The van der Waals surface area contributed by atoms with Gasteiger partial charge in [-0.1, -0.05) is 38.1 Å². The van der Waals surface area contributed by atoms with Crippen molar-refractivity contribution in [1.82, 2.24) is 9.13 Å². The summed E-state index contributed by atoms with van der Waals surface area (Å²) < 4.78 is 22.2. The molecule has 0 aliphatic carbocycles. The predicted octanol–water partition coefficient (Wildman–Crippen LogP) is 2.99. The van der Waals surface area contributed by atoms with E-state index in [0.29, 0.717) is 17.5 Å². The van der Waals surface area contributed by atoms with Crippen LogP contribution in [0.15, 0.2) is 58.1 Å². The summed E-state index contributed by atoms with van der Waals surface area (Å²) in [5.74, 6) is 0.927. The van der Waals surface area contributed by atoms with Crippen molar-refractivity contribution in [3.8, 4) is 5.75 Å². The molecule has 2 heterocycles. The molecule has 1 aliphatic rings. The van der Waals surface area contributed by atoms with Crippen molar-refractivity contribution in [2.24, 2.45) is 7.05 Å². The molecule has 3 aromatic rings. The topological polar surface area (TPSA) is 88.7 Å². The number of aliphatic hydroxyl groups is 1. The minimum atomic E-state index is -0.769. The van der Waals surface area contributed by atoms with Gasteiger partial charge in [-0.3, -0.25) is 13.9 Å². The first-order valence-corrected chi connectivity index (χ1v) is 11.3. The molecular formula is C25H29FN4O4. The number of benzene rings is 2. The van der Waals surface area contributed by atoms with E-state index in [0.717, 1.165) is 15.7 Å². The number of aliphatic hydroxyl groups excluding tert-OH is 1. The average molecular weight is 469 g/mol. The first-order valence-electron chi connectivity index (χ1n) is 11.3. The molecule has 2 aromatic carbocycles. The highest BCUT2D eigenvalue weighted by Gasteiger charge is 2.36. The lowest BCUT2D eigenvalue weighted by Gasteiger charge is -2.27. The average Bonchev–Trinajstić information content (AvgIpc) is 3.17. The minimum Gasteiger partial charge on any atom is -0.452 e. The van der Waals surface area contributed by atoms with Crippen molar-refractivity contribution < 1.29 is 14.2 Å². The van der Waals surface area contributed by atoms with Gasteiger partial charge >= 0.3 is 5.69 Å². The molecule has 0 amide bonds. The second-order valence-corrected chi connectivity index (χ2v) is 8.67. The number of hydrogen-bond acceptors (Lipinski definition) is 6. The molecule has 0 bridgehead atoms. The van der Waals surface area contributed by atoms with Gasteiger partial charge in [-0.05, 0) is 47.7 Å². The zero-order valence-electron chi connectivity index (χ0n) is 19.5. The van der Waals surface area contributed by atoms with Crippen LogP contribution in [0.1, 0.15) is 37.3 Å². The maximum atomic E-state index is 13.5. The fourth-order valence-corrected chi connectivity index (χ4v) is 4.03. The van der Waals surface area contributed by atoms with Crippen molar-refractivity contribution >= 4 is 11.5 Å². The van der Waals surface area contributed by atoms with Crippen molar-refractivity contribution in [1.29, 1.82) is 0 Å². The molecule has 9 heteroatoms. The van der Waals surface area contributed by atoms with Gasteiger partial charge in [-0.25, -0.2) is 9.18 Å². The molecular weight excluding hydrogens is 439 g/mol. The summed E-state index contributed by atoms with van der Waals surface area (Å²) in [6, 6.07) is 13.7. The summed E-state index contributed by atoms with van der Waals surface area (Å²) >= 11 is 0. The Balaban J connectivity index is 1.77. The summed E-state index contributed by atoms with van der Waals surface area (Å²) in [4.78, 5) is 28.0. The van der Waals surface area contributed by atoms with Crippen LogP contribution in [-0.2, 0) is 20.1 Å². The number of ether oxygens (including phenoxy) is 1. The lowest BCUT2D eigenvalue weighted by atomic mass is 10.0. The summed E-state index contributed by atoms with van der Waals surface area (Å²) in [6.07, 6.45) is -0.490. The molecule has 2 N–H and O–H groups in total. The zero-order chi connectivity index (χ0) is 24.4. The van der Waals surface area contributed by atoms with E-state index in [4.69, 9.17) is 4.74 Å². The van der Waals surface area contributed by atoms with Crippen molar-refractivity contribution in [3.63, 3.8) is 0 Å². The Morgan fingerprint density at radius 1 is 1.15 bits per heavy atom. The third kappa shape index (κ3) is 4.56. The second kappa shape index (κ2) is 9.72. The molecule has 1 aliphatic heterocycles. The number of halogens is 1. The largest absolute Gasteiger partial charge is 0.452 e. The molecule has 0 spiro atoms. The third-order valence-corrected chi connectivity index (χ3v) is 5.93. The van der Waals surface area contributed by atoms with Crippen LogP contribution in [0.3, 0.4) is 0 Å². The van der Waals surface area contributed by atoms with Crippen LogP contribution < -0.4 is 26.2 Å². The van der Waals surface area contributed by atoms with Crippen LogP contribution in [0.4, 0.5) is 15.9 Å². The molecule has 8 nitrogen and oxygen atoms in total. The summed E-state index contributed by atoms with van der Waals surface area (Å²) in [5, 5.41) is 12.4. The number of fused-ring (bicyclic) bond motifs is 1. The SMILES string of the molecule is CC(C)c1cccc(OC2Nc3c(c(=O)n(CCCO)c(=O)n3C)N2Cc2ccc(F)cc2)c1. The fourth-order valence-electron chi connectivity index (χ4n) is 4.03. The molecule has 4 rings (SSSR count). The van der Waals surface area contributed by atoms with E-state index in [9.17, 15) is 19.1 Å².